The molecular formula is C16H18F3N5O. The molecule has 9 heteroatoms. The maximum absolute atomic E-state index is 12.5. The van der Waals surface area contributed by atoms with Gasteiger partial charge in [-0.05, 0) is 38.4 Å². The number of hydrogen-bond donors (Lipinski definition) is 2. The number of nitrogens with one attached hydrogen (secondary N) is 2. The number of alkyl halides is 3. The van der Waals surface area contributed by atoms with Crippen LogP contribution < -0.4 is 10.6 Å². The second-order valence-electron chi connectivity index (χ2n) is 5.55. The van der Waals surface area contributed by atoms with Crippen molar-refractivity contribution in [2.24, 2.45) is 0 Å². The van der Waals surface area contributed by atoms with Crippen LogP contribution in [0.15, 0.2) is 36.7 Å². The molecule has 25 heavy (non-hydrogen) atoms. The molecule has 0 fully saturated rings. The molecule has 0 atom stereocenters. The molecule has 1 heterocycles. The van der Waals surface area contributed by atoms with E-state index in [0.29, 0.717) is 12.5 Å². The zero-order valence-corrected chi connectivity index (χ0v) is 13.8. The normalized spacial score (nSPS) is 11.4. The fourth-order valence-corrected chi connectivity index (χ4v) is 1.87. The predicted octanol–water partition coefficient (Wildman–Crippen LogP) is 2.72. The monoisotopic (exact) mass is 353 g/mol. The van der Waals surface area contributed by atoms with Crippen LogP contribution in [-0.4, -0.2) is 48.0 Å². The quantitative estimate of drug-likeness (QED) is 0.836. The van der Waals surface area contributed by atoms with E-state index in [4.69, 9.17) is 0 Å². The van der Waals surface area contributed by atoms with Crippen molar-refractivity contribution in [3.63, 3.8) is 0 Å². The number of aromatic nitrogens is 2. The van der Waals surface area contributed by atoms with E-state index >= 15 is 0 Å². The van der Waals surface area contributed by atoms with Gasteiger partial charge < -0.3 is 15.5 Å². The third-order valence-corrected chi connectivity index (χ3v) is 3.23. The average Bonchev–Trinajstić information content (AvgIpc) is 2.55. The van der Waals surface area contributed by atoms with Gasteiger partial charge in [0, 0.05) is 31.2 Å². The van der Waals surface area contributed by atoms with Crippen LogP contribution in [0.5, 0.6) is 0 Å². The highest BCUT2D eigenvalue weighted by Crippen LogP contribution is 2.29. The zero-order chi connectivity index (χ0) is 18.4. The first-order valence-electron chi connectivity index (χ1n) is 7.45. The lowest BCUT2D eigenvalue weighted by Crippen LogP contribution is -2.21. The van der Waals surface area contributed by atoms with Crippen molar-refractivity contribution < 1.29 is 18.0 Å². The predicted molar refractivity (Wildman–Crippen MR) is 88.5 cm³/mol. The Bertz CT molecular complexity index is 699. The number of likely N-dealkylation sites (N-methyl/N-ethyl adjacent to an activating group) is 1. The first-order valence-corrected chi connectivity index (χ1v) is 7.45. The van der Waals surface area contributed by atoms with Gasteiger partial charge in [-0.25, -0.2) is 9.97 Å². The third kappa shape index (κ3) is 5.71. The van der Waals surface area contributed by atoms with Crippen molar-refractivity contribution >= 4 is 17.5 Å². The molecule has 1 amide bonds. The van der Waals surface area contributed by atoms with Crippen molar-refractivity contribution in [2.45, 2.75) is 6.18 Å². The van der Waals surface area contributed by atoms with Gasteiger partial charge in [-0.3, -0.25) is 4.79 Å². The summed E-state index contributed by atoms with van der Waals surface area (Å²) in [6, 6.07) is 4.20. The number of anilines is 2. The number of benzene rings is 1. The first-order chi connectivity index (χ1) is 11.8. The van der Waals surface area contributed by atoms with Gasteiger partial charge in [0.25, 0.3) is 5.91 Å². The number of nitrogens with zero attached hydrogens (tertiary/aromatic N) is 3. The molecule has 0 spiro atoms. The Morgan fingerprint density at radius 3 is 2.24 bits per heavy atom. The van der Waals surface area contributed by atoms with E-state index in [1.807, 2.05) is 19.0 Å². The Labute approximate surface area is 143 Å². The molecule has 0 saturated carbocycles. The second kappa shape index (κ2) is 7.93. The molecule has 0 aliphatic rings. The molecule has 0 radical (unpaired) electrons. The molecule has 0 aliphatic carbocycles. The SMILES string of the molecule is CN(C)CCNc1ncc(C(=O)Nc2ccc(C(F)(F)F)cc2)cn1. The van der Waals surface area contributed by atoms with Crippen LogP contribution in [0.3, 0.4) is 0 Å². The number of amides is 1. The minimum Gasteiger partial charge on any atom is -0.353 e. The Kier molecular flexibility index (Phi) is 5.92. The van der Waals surface area contributed by atoms with Crippen LogP contribution in [0.25, 0.3) is 0 Å². The summed E-state index contributed by atoms with van der Waals surface area (Å²) >= 11 is 0. The summed E-state index contributed by atoms with van der Waals surface area (Å²) in [5.41, 5.74) is -0.314. The number of rotatable bonds is 6. The summed E-state index contributed by atoms with van der Waals surface area (Å²) < 4.78 is 37.5. The van der Waals surface area contributed by atoms with E-state index in [0.717, 1.165) is 18.7 Å². The topological polar surface area (TPSA) is 70.2 Å². The molecule has 6 nitrogen and oxygen atoms in total. The number of hydrogen-bond acceptors (Lipinski definition) is 5. The number of halogens is 3. The van der Waals surface area contributed by atoms with Gasteiger partial charge in [-0.15, -0.1) is 0 Å². The highest BCUT2D eigenvalue weighted by Gasteiger charge is 2.30. The third-order valence-electron chi connectivity index (χ3n) is 3.23. The number of carbonyl (C=O) groups is 1. The lowest BCUT2D eigenvalue weighted by atomic mass is 10.2. The minimum absolute atomic E-state index is 0.207. The van der Waals surface area contributed by atoms with Gasteiger partial charge in [0.05, 0.1) is 11.1 Å². The zero-order valence-electron chi connectivity index (χ0n) is 13.8. The van der Waals surface area contributed by atoms with Crippen molar-refractivity contribution in [1.29, 1.82) is 0 Å². The van der Waals surface area contributed by atoms with E-state index in [-0.39, 0.29) is 11.3 Å². The van der Waals surface area contributed by atoms with Crippen LogP contribution in [0, 0.1) is 0 Å². The highest BCUT2D eigenvalue weighted by molar-refractivity contribution is 6.03. The smallest absolute Gasteiger partial charge is 0.353 e. The molecule has 2 N–H and O–H groups in total. The van der Waals surface area contributed by atoms with Gasteiger partial charge in [0.2, 0.25) is 5.95 Å². The van der Waals surface area contributed by atoms with Crippen LogP contribution in [0.2, 0.25) is 0 Å². The van der Waals surface area contributed by atoms with Gasteiger partial charge in [-0.2, -0.15) is 13.2 Å². The first kappa shape index (κ1) is 18.7. The Morgan fingerprint density at radius 2 is 1.72 bits per heavy atom. The Morgan fingerprint density at radius 1 is 1.12 bits per heavy atom. The molecular weight excluding hydrogens is 335 g/mol. The van der Waals surface area contributed by atoms with Gasteiger partial charge in [0.15, 0.2) is 0 Å². The van der Waals surface area contributed by atoms with Crippen molar-refractivity contribution in [1.82, 2.24) is 14.9 Å². The summed E-state index contributed by atoms with van der Waals surface area (Å²) in [6.45, 7) is 1.46. The van der Waals surface area contributed by atoms with E-state index in [2.05, 4.69) is 20.6 Å². The molecule has 134 valence electrons. The number of carbonyl (C=O) groups excluding carboxylic acids is 1. The second-order valence-corrected chi connectivity index (χ2v) is 5.55. The molecule has 0 aliphatic heterocycles. The standard InChI is InChI=1S/C16H18F3N5O/c1-24(2)8-7-20-15-21-9-11(10-22-15)14(25)23-13-5-3-12(4-6-13)16(17,18)19/h3-6,9-10H,7-8H2,1-2H3,(H,23,25)(H,20,21,22). The minimum atomic E-state index is -4.41. The maximum Gasteiger partial charge on any atom is 0.416 e. The lowest BCUT2D eigenvalue weighted by Gasteiger charge is -2.10. The van der Waals surface area contributed by atoms with Gasteiger partial charge in [0.1, 0.15) is 0 Å². The molecule has 2 rings (SSSR count). The molecule has 0 bridgehead atoms. The molecule has 0 saturated heterocycles. The molecule has 1 aromatic heterocycles. The van der Waals surface area contributed by atoms with Gasteiger partial charge >= 0.3 is 6.18 Å². The van der Waals surface area contributed by atoms with Crippen LogP contribution in [0.1, 0.15) is 15.9 Å². The summed E-state index contributed by atoms with van der Waals surface area (Å²) in [5, 5.41) is 5.51. The summed E-state index contributed by atoms with van der Waals surface area (Å²) in [6.07, 6.45) is -1.71. The fourth-order valence-electron chi connectivity index (χ4n) is 1.87. The molecule has 2 aromatic rings. The Hall–Kier alpha value is -2.68. The van der Waals surface area contributed by atoms with E-state index in [1.54, 1.807) is 0 Å². The van der Waals surface area contributed by atoms with E-state index in [1.165, 1.54) is 24.5 Å². The highest BCUT2D eigenvalue weighted by atomic mass is 19.4. The molecule has 0 unspecified atom stereocenters. The van der Waals surface area contributed by atoms with Crippen molar-refractivity contribution in [3.8, 4) is 0 Å². The van der Waals surface area contributed by atoms with E-state index in [9.17, 15) is 18.0 Å². The maximum atomic E-state index is 12.5. The van der Waals surface area contributed by atoms with Crippen molar-refractivity contribution in [2.75, 3.05) is 37.8 Å². The summed E-state index contributed by atoms with van der Waals surface area (Å²) in [7, 11) is 3.88. The van der Waals surface area contributed by atoms with Crippen LogP contribution >= 0.6 is 0 Å². The summed E-state index contributed by atoms with van der Waals surface area (Å²) in [4.78, 5) is 22.1. The Balaban J connectivity index is 1.94. The van der Waals surface area contributed by atoms with Crippen molar-refractivity contribution in [3.05, 3.63) is 47.8 Å². The van der Waals surface area contributed by atoms with Crippen LogP contribution in [-0.2, 0) is 6.18 Å². The largest absolute Gasteiger partial charge is 0.416 e. The van der Waals surface area contributed by atoms with Gasteiger partial charge in [-0.1, -0.05) is 0 Å². The van der Waals surface area contributed by atoms with Crippen LogP contribution in [0.4, 0.5) is 24.8 Å². The van der Waals surface area contributed by atoms with E-state index < -0.39 is 17.6 Å². The lowest BCUT2D eigenvalue weighted by molar-refractivity contribution is -0.137. The molecule has 1 aromatic carbocycles. The summed E-state index contributed by atoms with van der Waals surface area (Å²) in [5.74, 6) is -0.104. The average molecular weight is 353 g/mol. The fraction of sp³-hybridized carbons (Fsp3) is 0.312.